The summed E-state index contributed by atoms with van der Waals surface area (Å²) in [6.45, 7) is 0.453. The maximum atomic E-state index is 12.9. The molecule has 6 atom stereocenters. The Morgan fingerprint density at radius 2 is 1.77 bits per heavy atom. The molecular weight excluding hydrogens is 448 g/mol. The number of halogens is 1. The van der Waals surface area contributed by atoms with Crippen LogP contribution in [0.3, 0.4) is 0 Å². The highest BCUT2D eigenvalue weighted by Gasteiger charge is 2.67. The molecule has 2 aromatic rings. The monoisotopic (exact) mass is 468 g/mol. The van der Waals surface area contributed by atoms with Crippen molar-refractivity contribution in [3.8, 4) is 0 Å². The Labute approximate surface area is 182 Å². The minimum Gasteiger partial charge on any atom is -0.461 e. The molecule has 2 N–H and O–H groups in total. The van der Waals surface area contributed by atoms with E-state index in [1.807, 2.05) is 30.3 Å². The van der Waals surface area contributed by atoms with Gasteiger partial charge in [-0.15, -0.1) is 0 Å². The predicted molar refractivity (Wildman–Crippen MR) is 114 cm³/mol. The van der Waals surface area contributed by atoms with Crippen LogP contribution >= 0.6 is 15.9 Å². The average molecular weight is 469 g/mol. The Balaban J connectivity index is 1.22. The van der Waals surface area contributed by atoms with Crippen molar-refractivity contribution in [3.63, 3.8) is 0 Å². The molecule has 2 amide bonds. The molecule has 0 unspecified atom stereocenters. The van der Waals surface area contributed by atoms with E-state index in [0.29, 0.717) is 17.8 Å². The molecule has 3 fully saturated rings. The zero-order valence-corrected chi connectivity index (χ0v) is 17.7. The highest BCUT2D eigenvalue weighted by Crippen LogP contribution is 2.60. The van der Waals surface area contributed by atoms with Gasteiger partial charge in [-0.05, 0) is 42.2 Å². The highest BCUT2D eigenvalue weighted by atomic mass is 79.9. The zero-order valence-electron chi connectivity index (χ0n) is 16.1. The molecule has 3 aliphatic rings. The van der Waals surface area contributed by atoms with Gasteiger partial charge in [0.25, 0.3) is 5.91 Å². The number of ether oxygens (including phenoxy) is 1. The van der Waals surface area contributed by atoms with E-state index in [9.17, 15) is 14.4 Å². The Morgan fingerprint density at radius 3 is 2.50 bits per heavy atom. The molecule has 2 saturated carbocycles. The maximum absolute atomic E-state index is 12.9. The van der Waals surface area contributed by atoms with Crippen LogP contribution in [0.25, 0.3) is 0 Å². The summed E-state index contributed by atoms with van der Waals surface area (Å²) in [5, 5.41) is 5.80. The molecule has 1 heterocycles. The van der Waals surface area contributed by atoms with Crippen LogP contribution in [0.4, 0.5) is 5.69 Å². The molecule has 2 aliphatic carbocycles. The summed E-state index contributed by atoms with van der Waals surface area (Å²) in [5.41, 5.74) is 2.15. The highest BCUT2D eigenvalue weighted by molar-refractivity contribution is 9.09. The first-order valence-corrected chi connectivity index (χ1v) is 11.0. The van der Waals surface area contributed by atoms with Crippen molar-refractivity contribution in [1.29, 1.82) is 0 Å². The molecule has 6 nitrogen and oxygen atoms in total. The normalized spacial score (nSPS) is 30.8. The molecule has 0 aromatic heterocycles. The SMILES string of the molecule is O=C(NCc1ccccc1)c1ccc(NC(=O)[C@@H]2[C@H]3C[C@H]4[C@H](OC(=O)[C@@H]42)[C@H]3Br)cc1. The number of alkyl halides is 1. The van der Waals surface area contributed by atoms with Gasteiger partial charge in [0, 0.05) is 23.7 Å². The second kappa shape index (κ2) is 7.54. The smallest absolute Gasteiger partial charge is 0.310 e. The first-order chi connectivity index (χ1) is 14.5. The van der Waals surface area contributed by atoms with Gasteiger partial charge in [-0.1, -0.05) is 46.3 Å². The van der Waals surface area contributed by atoms with Crippen LogP contribution in [-0.4, -0.2) is 28.7 Å². The van der Waals surface area contributed by atoms with Crippen LogP contribution in [0, 0.1) is 23.7 Å². The second-order valence-electron chi connectivity index (χ2n) is 8.20. The maximum Gasteiger partial charge on any atom is 0.310 e. The number of benzene rings is 2. The number of fused-ring (bicyclic) bond motifs is 1. The van der Waals surface area contributed by atoms with Crippen LogP contribution < -0.4 is 10.6 Å². The summed E-state index contributed by atoms with van der Waals surface area (Å²) >= 11 is 3.63. The van der Waals surface area contributed by atoms with Gasteiger partial charge < -0.3 is 15.4 Å². The molecule has 1 aliphatic heterocycles. The first kappa shape index (κ1) is 19.3. The van der Waals surface area contributed by atoms with Gasteiger partial charge in [0.05, 0.1) is 16.7 Å². The summed E-state index contributed by atoms with van der Waals surface area (Å²) in [5.74, 6) is -1.05. The minimum absolute atomic E-state index is 0.0386. The van der Waals surface area contributed by atoms with E-state index in [4.69, 9.17) is 4.74 Å². The number of rotatable bonds is 5. The fourth-order valence-corrected chi connectivity index (χ4v) is 6.19. The molecule has 5 rings (SSSR count). The number of anilines is 1. The van der Waals surface area contributed by atoms with Crippen LogP contribution in [-0.2, 0) is 20.9 Å². The topological polar surface area (TPSA) is 84.5 Å². The molecule has 154 valence electrons. The fourth-order valence-electron chi connectivity index (χ4n) is 5.14. The summed E-state index contributed by atoms with van der Waals surface area (Å²) < 4.78 is 5.47. The predicted octanol–water partition coefficient (Wildman–Crippen LogP) is 3.13. The molecule has 0 radical (unpaired) electrons. The largest absolute Gasteiger partial charge is 0.461 e. The standard InChI is InChI=1S/C23H21BrN2O4/c24-19-15-10-16-18(23(29)30-20(16)19)17(15)22(28)26-14-8-6-13(7-9-14)21(27)25-11-12-4-2-1-3-5-12/h1-9,15-20H,10-11H2,(H,25,27)(H,26,28)/t15-,16-,17-,18+,19+,20+/m1/s1. The van der Waals surface area contributed by atoms with Gasteiger partial charge in [0.1, 0.15) is 6.10 Å². The average Bonchev–Trinajstić information content (AvgIpc) is 3.37. The third-order valence-electron chi connectivity index (χ3n) is 6.54. The Morgan fingerprint density at radius 1 is 1.03 bits per heavy atom. The van der Waals surface area contributed by atoms with Crippen molar-refractivity contribution in [2.24, 2.45) is 23.7 Å². The van der Waals surface area contributed by atoms with Crippen molar-refractivity contribution >= 4 is 39.4 Å². The van der Waals surface area contributed by atoms with Crippen LogP contribution in [0.2, 0.25) is 0 Å². The van der Waals surface area contributed by atoms with E-state index < -0.39 is 0 Å². The number of nitrogens with one attached hydrogen (secondary N) is 2. The third kappa shape index (κ3) is 3.21. The van der Waals surface area contributed by atoms with E-state index in [1.54, 1.807) is 24.3 Å². The fraction of sp³-hybridized carbons (Fsp3) is 0.348. The Kier molecular flexibility index (Phi) is 4.85. The van der Waals surface area contributed by atoms with Crippen molar-refractivity contribution in [1.82, 2.24) is 5.32 Å². The second-order valence-corrected chi connectivity index (χ2v) is 9.25. The number of hydrogen-bond acceptors (Lipinski definition) is 4. The van der Waals surface area contributed by atoms with Crippen molar-refractivity contribution in [2.45, 2.75) is 23.9 Å². The molecule has 1 saturated heterocycles. The molecule has 2 bridgehead atoms. The zero-order chi connectivity index (χ0) is 20.8. The quantitative estimate of drug-likeness (QED) is 0.521. The lowest BCUT2D eigenvalue weighted by molar-refractivity contribution is -0.145. The van der Waals surface area contributed by atoms with E-state index in [1.165, 1.54) is 0 Å². The number of esters is 1. The van der Waals surface area contributed by atoms with Crippen molar-refractivity contribution < 1.29 is 19.1 Å². The number of carbonyl (C=O) groups excluding carboxylic acids is 3. The summed E-state index contributed by atoms with van der Waals surface area (Å²) in [6, 6.07) is 16.5. The van der Waals surface area contributed by atoms with Gasteiger partial charge in [0.2, 0.25) is 5.91 Å². The minimum atomic E-state index is -0.375. The molecule has 0 spiro atoms. The lowest BCUT2D eigenvalue weighted by atomic mass is 9.79. The van der Waals surface area contributed by atoms with Gasteiger partial charge >= 0.3 is 5.97 Å². The van der Waals surface area contributed by atoms with E-state index >= 15 is 0 Å². The van der Waals surface area contributed by atoms with E-state index in [2.05, 4.69) is 26.6 Å². The molecule has 2 aromatic carbocycles. The number of carbonyl (C=O) groups is 3. The molecular formula is C23H21BrN2O4. The summed E-state index contributed by atoms with van der Waals surface area (Å²) in [4.78, 5) is 37.6. The van der Waals surface area contributed by atoms with E-state index in [-0.39, 0.29) is 52.4 Å². The van der Waals surface area contributed by atoms with Gasteiger partial charge in [0.15, 0.2) is 0 Å². The lowest BCUT2D eigenvalue weighted by Crippen LogP contribution is -2.40. The van der Waals surface area contributed by atoms with Gasteiger partial charge in [-0.2, -0.15) is 0 Å². The van der Waals surface area contributed by atoms with Gasteiger partial charge in [-0.25, -0.2) is 0 Å². The summed E-state index contributed by atoms with van der Waals surface area (Å²) in [6.07, 6.45) is 0.750. The molecule has 30 heavy (non-hydrogen) atoms. The number of amides is 2. The van der Waals surface area contributed by atoms with Crippen LogP contribution in [0.5, 0.6) is 0 Å². The first-order valence-electron chi connectivity index (χ1n) is 10.1. The third-order valence-corrected chi connectivity index (χ3v) is 7.74. The Hall–Kier alpha value is -2.67. The van der Waals surface area contributed by atoms with Crippen LogP contribution in [0.1, 0.15) is 22.3 Å². The lowest BCUT2D eigenvalue weighted by Gasteiger charge is -2.27. The van der Waals surface area contributed by atoms with Crippen LogP contribution in [0.15, 0.2) is 54.6 Å². The summed E-state index contributed by atoms with van der Waals surface area (Å²) in [7, 11) is 0. The van der Waals surface area contributed by atoms with Crippen molar-refractivity contribution in [2.75, 3.05) is 5.32 Å². The van der Waals surface area contributed by atoms with Crippen molar-refractivity contribution in [3.05, 3.63) is 65.7 Å². The number of hydrogen-bond donors (Lipinski definition) is 2. The Bertz CT molecular complexity index is 994. The molecule has 7 heteroatoms. The van der Waals surface area contributed by atoms with E-state index in [0.717, 1.165) is 12.0 Å². The van der Waals surface area contributed by atoms with Gasteiger partial charge in [-0.3, -0.25) is 14.4 Å².